The number of benzene rings is 3. The van der Waals surface area contributed by atoms with Gasteiger partial charge in [-0.15, -0.1) is 13.2 Å². The number of hydrogen-bond donors (Lipinski definition) is 3. The number of fused-ring (bicyclic) bond motifs is 1. The number of alkyl halides is 3. The minimum absolute atomic E-state index is 0.0676. The van der Waals surface area contributed by atoms with Gasteiger partial charge in [-0.25, -0.2) is 4.90 Å². The maximum atomic E-state index is 13.9. The lowest BCUT2D eigenvalue weighted by Gasteiger charge is -2.31. The van der Waals surface area contributed by atoms with Crippen molar-refractivity contribution in [3.63, 3.8) is 0 Å². The number of aliphatic carboxylic acids is 1. The summed E-state index contributed by atoms with van der Waals surface area (Å²) in [7, 11) is 0. The quantitative estimate of drug-likeness (QED) is 0.288. The third-order valence-corrected chi connectivity index (χ3v) is 7.44. The molecule has 0 saturated carbocycles. The van der Waals surface area contributed by atoms with E-state index in [1.807, 2.05) is 0 Å². The summed E-state index contributed by atoms with van der Waals surface area (Å²) in [5, 5.41) is 23.2. The summed E-state index contributed by atoms with van der Waals surface area (Å²) in [5.74, 6) is -6.64. The number of amides is 2. The number of nitrogens with one attached hydrogen (secondary N) is 1. The second kappa shape index (κ2) is 10.0. The molecule has 5 rings (SSSR count). The van der Waals surface area contributed by atoms with Crippen molar-refractivity contribution in [3.8, 4) is 11.5 Å². The van der Waals surface area contributed by atoms with E-state index in [1.54, 1.807) is 0 Å². The first kappa shape index (κ1) is 27.8. The molecule has 0 spiro atoms. The number of aromatic hydroxyl groups is 1. The molecule has 41 heavy (non-hydrogen) atoms. The standard InChI is InChI=1S/C29H23F3N2O7/c1-15(35)17-7-9-19(10-8-17)34-25(37)22-23(26(34)38)28(27(39)40,14-16-5-11-20(36)12-6-16)33-24(22)18-3-2-4-21(13-18)41-29(30,31)32/h2-13,22-24,33,36H,14H2,1H3,(H,39,40). The van der Waals surface area contributed by atoms with Crippen LogP contribution < -0.4 is 15.0 Å². The zero-order valence-corrected chi connectivity index (χ0v) is 21.4. The highest BCUT2D eigenvalue weighted by Crippen LogP contribution is 2.51. The van der Waals surface area contributed by atoms with Crippen LogP contribution in [0, 0.1) is 11.8 Å². The molecule has 2 saturated heterocycles. The van der Waals surface area contributed by atoms with Gasteiger partial charge in [0, 0.05) is 18.0 Å². The lowest BCUT2D eigenvalue weighted by molar-refractivity contribution is -0.274. The maximum absolute atomic E-state index is 13.9. The van der Waals surface area contributed by atoms with Gasteiger partial charge in [-0.1, -0.05) is 24.3 Å². The fourth-order valence-electron chi connectivity index (χ4n) is 5.66. The number of phenolic OH excluding ortho intramolecular Hbond substituents is 1. The number of phenols is 1. The fraction of sp³-hybridized carbons (Fsp3) is 0.241. The fourth-order valence-corrected chi connectivity index (χ4v) is 5.66. The zero-order valence-electron chi connectivity index (χ0n) is 21.4. The molecule has 0 bridgehead atoms. The Balaban J connectivity index is 1.63. The van der Waals surface area contributed by atoms with Crippen molar-refractivity contribution in [1.82, 2.24) is 5.32 Å². The van der Waals surface area contributed by atoms with Crippen LogP contribution in [0.15, 0.2) is 72.8 Å². The van der Waals surface area contributed by atoms with Gasteiger partial charge >= 0.3 is 12.3 Å². The van der Waals surface area contributed by atoms with Gasteiger partial charge in [0.05, 0.1) is 17.5 Å². The summed E-state index contributed by atoms with van der Waals surface area (Å²) in [5.41, 5.74) is -1.05. The monoisotopic (exact) mass is 568 g/mol. The van der Waals surface area contributed by atoms with Gasteiger partial charge in [-0.3, -0.25) is 24.5 Å². The Morgan fingerprint density at radius 2 is 1.66 bits per heavy atom. The number of halogens is 3. The molecule has 2 amide bonds. The minimum atomic E-state index is -4.99. The summed E-state index contributed by atoms with van der Waals surface area (Å²) in [6.45, 7) is 1.35. The third kappa shape index (κ3) is 5.02. The number of anilines is 1. The lowest BCUT2D eigenvalue weighted by Crippen LogP contribution is -2.57. The molecule has 0 radical (unpaired) electrons. The first-order valence-electron chi connectivity index (χ1n) is 12.4. The average molecular weight is 569 g/mol. The van der Waals surface area contributed by atoms with Gasteiger partial charge in [0.2, 0.25) is 11.8 Å². The van der Waals surface area contributed by atoms with Crippen molar-refractivity contribution in [2.24, 2.45) is 11.8 Å². The van der Waals surface area contributed by atoms with Crippen LogP contribution in [0.25, 0.3) is 0 Å². The van der Waals surface area contributed by atoms with E-state index in [2.05, 4.69) is 10.1 Å². The van der Waals surface area contributed by atoms with Crippen LogP contribution in [-0.4, -0.2) is 45.7 Å². The van der Waals surface area contributed by atoms with E-state index < -0.39 is 53.3 Å². The van der Waals surface area contributed by atoms with E-state index in [-0.39, 0.29) is 29.2 Å². The van der Waals surface area contributed by atoms with Gasteiger partial charge in [-0.05, 0) is 66.6 Å². The topological polar surface area (TPSA) is 133 Å². The van der Waals surface area contributed by atoms with Crippen molar-refractivity contribution in [2.45, 2.75) is 31.3 Å². The molecule has 2 aliphatic rings. The average Bonchev–Trinajstić information content (AvgIpc) is 3.38. The van der Waals surface area contributed by atoms with Gasteiger partial charge in [0.15, 0.2) is 5.78 Å². The number of carboxylic acid groups (broad SMARTS) is 1. The molecule has 9 nitrogen and oxygen atoms in total. The molecule has 212 valence electrons. The van der Waals surface area contributed by atoms with E-state index >= 15 is 0 Å². The predicted molar refractivity (Wildman–Crippen MR) is 137 cm³/mol. The van der Waals surface area contributed by atoms with Crippen molar-refractivity contribution in [3.05, 3.63) is 89.5 Å². The Labute approximate surface area is 231 Å². The second-order valence-electron chi connectivity index (χ2n) is 9.98. The maximum Gasteiger partial charge on any atom is 0.573 e. The Kier molecular flexibility index (Phi) is 6.82. The van der Waals surface area contributed by atoms with Crippen LogP contribution in [0.2, 0.25) is 0 Å². The highest BCUT2D eigenvalue weighted by Gasteiger charge is 2.68. The van der Waals surface area contributed by atoms with E-state index in [1.165, 1.54) is 67.6 Å². The molecule has 12 heteroatoms. The van der Waals surface area contributed by atoms with Crippen LogP contribution in [0.3, 0.4) is 0 Å². The molecule has 0 aromatic heterocycles. The molecule has 3 aromatic rings. The SMILES string of the molecule is CC(=O)c1ccc(N2C(=O)C3C(c4cccc(OC(F)(F)F)c4)NC(Cc4ccc(O)cc4)(C(=O)O)C3C2=O)cc1. The molecule has 0 aliphatic carbocycles. The van der Waals surface area contributed by atoms with Gasteiger partial charge in [-0.2, -0.15) is 0 Å². The molecule has 2 aliphatic heterocycles. The number of carbonyl (C=O) groups excluding carboxylic acids is 3. The number of imide groups is 1. The number of carbonyl (C=O) groups is 4. The summed E-state index contributed by atoms with van der Waals surface area (Å²) in [6.07, 6.45) is -5.27. The second-order valence-corrected chi connectivity index (χ2v) is 9.98. The van der Waals surface area contributed by atoms with Crippen molar-refractivity contribution in [1.29, 1.82) is 0 Å². The number of Topliss-reactive ketones (excluding diaryl/α,β-unsaturated/α-hetero) is 1. The number of nitrogens with zero attached hydrogens (tertiary/aromatic N) is 1. The Hall–Kier alpha value is -4.71. The van der Waals surface area contributed by atoms with E-state index in [9.17, 15) is 42.6 Å². The van der Waals surface area contributed by atoms with Crippen LogP contribution in [0.1, 0.15) is 34.5 Å². The summed E-state index contributed by atoms with van der Waals surface area (Å²) in [4.78, 5) is 53.4. The Bertz CT molecular complexity index is 1540. The molecule has 3 N–H and O–H groups in total. The molecule has 4 atom stereocenters. The number of rotatable bonds is 7. The molecule has 2 heterocycles. The van der Waals surface area contributed by atoms with Crippen LogP contribution >= 0.6 is 0 Å². The first-order chi connectivity index (χ1) is 19.3. The highest BCUT2D eigenvalue weighted by atomic mass is 19.4. The lowest BCUT2D eigenvalue weighted by atomic mass is 9.76. The molecule has 2 fully saturated rings. The largest absolute Gasteiger partial charge is 0.573 e. The number of ketones is 1. The van der Waals surface area contributed by atoms with E-state index in [4.69, 9.17) is 0 Å². The van der Waals surface area contributed by atoms with Crippen LogP contribution in [0.5, 0.6) is 11.5 Å². The van der Waals surface area contributed by atoms with E-state index in [0.29, 0.717) is 11.1 Å². The molecular formula is C29H23F3N2O7. The van der Waals surface area contributed by atoms with Crippen LogP contribution in [0.4, 0.5) is 18.9 Å². The number of ether oxygens (including phenoxy) is 1. The number of hydrogen-bond acceptors (Lipinski definition) is 7. The highest BCUT2D eigenvalue weighted by molar-refractivity contribution is 6.24. The smallest absolute Gasteiger partial charge is 0.508 e. The van der Waals surface area contributed by atoms with Crippen LogP contribution in [-0.2, 0) is 20.8 Å². The van der Waals surface area contributed by atoms with Crippen molar-refractivity contribution in [2.75, 3.05) is 4.90 Å². The third-order valence-electron chi connectivity index (χ3n) is 7.44. The summed E-state index contributed by atoms with van der Waals surface area (Å²) >= 11 is 0. The van der Waals surface area contributed by atoms with Gasteiger partial charge < -0.3 is 14.9 Å². The number of carboxylic acids is 1. The Morgan fingerprint density at radius 3 is 2.24 bits per heavy atom. The first-order valence-corrected chi connectivity index (χ1v) is 12.4. The normalized spacial score (nSPS) is 23.9. The van der Waals surface area contributed by atoms with E-state index in [0.717, 1.165) is 17.0 Å². The van der Waals surface area contributed by atoms with Crippen molar-refractivity contribution < 1.29 is 47.3 Å². The molecule has 3 aromatic carbocycles. The Morgan fingerprint density at radius 1 is 1.00 bits per heavy atom. The molecule has 4 unspecified atom stereocenters. The summed E-state index contributed by atoms with van der Waals surface area (Å²) < 4.78 is 42.8. The molecular weight excluding hydrogens is 545 g/mol. The van der Waals surface area contributed by atoms with Gasteiger partial charge in [0.25, 0.3) is 0 Å². The summed E-state index contributed by atoms with van der Waals surface area (Å²) in [6, 6.07) is 14.9. The predicted octanol–water partition coefficient (Wildman–Crippen LogP) is 4.01. The minimum Gasteiger partial charge on any atom is -0.508 e. The van der Waals surface area contributed by atoms with Crippen molar-refractivity contribution >= 4 is 29.3 Å². The zero-order chi connectivity index (χ0) is 29.7. The van der Waals surface area contributed by atoms with Gasteiger partial charge in [0.1, 0.15) is 17.0 Å².